The van der Waals surface area contributed by atoms with Gasteiger partial charge in [0, 0.05) is 17.0 Å². The van der Waals surface area contributed by atoms with Gasteiger partial charge in [-0.2, -0.15) is 0 Å². The molecule has 3 N–H and O–H groups in total. The van der Waals surface area contributed by atoms with Crippen LogP contribution in [-0.2, 0) is 17.6 Å². The maximum absolute atomic E-state index is 12.0. The number of amides is 1. The van der Waals surface area contributed by atoms with Crippen LogP contribution in [0.2, 0.25) is 5.02 Å². The molecule has 1 aliphatic rings. The molecule has 1 atom stereocenters. The number of aryl methyl sites for hydroxylation is 2. The second-order valence-electron chi connectivity index (χ2n) is 8.54. The predicted molar refractivity (Wildman–Crippen MR) is 128 cm³/mol. The molecule has 1 aromatic heterocycles. The molecule has 6 nitrogen and oxygen atoms in total. The number of nitrogens with zero attached hydrogens (tertiary/aromatic N) is 2. The van der Waals surface area contributed by atoms with E-state index < -0.39 is 0 Å². The van der Waals surface area contributed by atoms with Gasteiger partial charge in [-0.1, -0.05) is 36.7 Å². The first-order valence-electron chi connectivity index (χ1n) is 11.2. The molecule has 1 aliphatic heterocycles. The Morgan fingerprint density at radius 3 is 2.59 bits per heavy atom. The number of nitrogens with one attached hydrogen (secondary N) is 1. The van der Waals surface area contributed by atoms with Crippen molar-refractivity contribution >= 4 is 28.5 Å². The van der Waals surface area contributed by atoms with E-state index >= 15 is 0 Å². The topological polar surface area (TPSA) is 92.1 Å². The summed E-state index contributed by atoms with van der Waals surface area (Å²) in [6.45, 7) is 3.63. The summed E-state index contributed by atoms with van der Waals surface area (Å²) in [7, 11) is 0. The molecule has 2 aromatic carbocycles. The molecule has 168 valence electrons. The van der Waals surface area contributed by atoms with E-state index in [-0.39, 0.29) is 23.4 Å². The van der Waals surface area contributed by atoms with Gasteiger partial charge in [0.15, 0.2) is 0 Å². The molecule has 0 radical (unpaired) electrons. The van der Waals surface area contributed by atoms with Crippen LogP contribution >= 0.6 is 11.6 Å². The summed E-state index contributed by atoms with van der Waals surface area (Å²) in [6, 6.07) is 14.3. The van der Waals surface area contributed by atoms with E-state index in [9.17, 15) is 9.59 Å². The quantitative estimate of drug-likeness (QED) is 0.566. The lowest BCUT2D eigenvalue weighted by Crippen LogP contribution is -2.40. The number of aromatic amines is 1. The highest BCUT2D eigenvalue weighted by molar-refractivity contribution is 6.30. The second-order valence-corrected chi connectivity index (χ2v) is 8.97. The summed E-state index contributed by atoms with van der Waals surface area (Å²) in [5.74, 6) is -0.223. The first-order valence-corrected chi connectivity index (χ1v) is 11.6. The van der Waals surface area contributed by atoms with Crippen LogP contribution < -0.4 is 11.3 Å². The molecule has 4 rings (SSSR count). The fourth-order valence-corrected chi connectivity index (χ4v) is 4.73. The van der Waals surface area contributed by atoms with Crippen LogP contribution in [0.1, 0.15) is 49.0 Å². The van der Waals surface area contributed by atoms with Gasteiger partial charge < -0.3 is 10.7 Å². The van der Waals surface area contributed by atoms with Crippen molar-refractivity contribution in [1.82, 2.24) is 14.9 Å². The summed E-state index contributed by atoms with van der Waals surface area (Å²) < 4.78 is 0. The van der Waals surface area contributed by atoms with Crippen molar-refractivity contribution in [3.8, 4) is 0 Å². The van der Waals surface area contributed by atoms with Crippen LogP contribution in [0.5, 0.6) is 0 Å². The van der Waals surface area contributed by atoms with Crippen LogP contribution in [0, 0.1) is 5.92 Å². The Morgan fingerprint density at radius 1 is 1.22 bits per heavy atom. The number of aromatic nitrogens is 2. The largest absolute Gasteiger partial charge is 0.369 e. The maximum atomic E-state index is 12.0. The monoisotopic (exact) mass is 452 g/mol. The van der Waals surface area contributed by atoms with Crippen molar-refractivity contribution in [3.63, 3.8) is 0 Å². The van der Waals surface area contributed by atoms with Crippen LogP contribution in [0.4, 0.5) is 0 Å². The van der Waals surface area contributed by atoms with Gasteiger partial charge in [-0.3, -0.25) is 14.5 Å². The summed E-state index contributed by atoms with van der Waals surface area (Å²) in [5.41, 5.74) is 9.97. The van der Waals surface area contributed by atoms with E-state index in [4.69, 9.17) is 17.3 Å². The minimum absolute atomic E-state index is 0.0291. The molecular formula is C25H29ClN4O2. The highest BCUT2D eigenvalue weighted by atomic mass is 35.5. The molecule has 1 amide bonds. The first kappa shape index (κ1) is 22.5. The molecule has 32 heavy (non-hydrogen) atoms. The minimum Gasteiger partial charge on any atom is -0.369 e. The number of fused-ring (bicyclic) bond motifs is 1. The Kier molecular flexibility index (Phi) is 6.92. The standard InChI is InChI=1S/C25H29ClN4O2/c1-2-20-25(32)29-21-9-3-16(15-22(21)28-20)4-10-23(17-5-7-19(26)8-6-17)30-13-11-18(12-14-30)24(27)31/h3,5-9,15,18,23H,2,4,10-14H2,1H3,(H2,27,31)(H,29,32). The Morgan fingerprint density at radius 2 is 1.94 bits per heavy atom. The molecule has 1 unspecified atom stereocenters. The zero-order chi connectivity index (χ0) is 22.7. The predicted octanol–water partition coefficient (Wildman–Crippen LogP) is 4.01. The van der Waals surface area contributed by atoms with Crippen LogP contribution in [-0.4, -0.2) is 33.9 Å². The highest BCUT2D eigenvalue weighted by Gasteiger charge is 2.28. The van der Waals surface area contributed by atoms with E-state index in [1.807, 2.05) is 25.1 Å². The van der Waals surface area contributed by atoms with Gasteiger partial charge in [0.05, 0.1) is 11.0 Å². The molecule has 3 aromatic rings. The molecular weight excluding hydrogens is 424 g/mol. The van der Waals surface area contributed by atoms with Crippen LogP contribution in [0.25, 0.3) is 11.0 Å². The number of benzene rings is 2. The van der Waals surface area contributed by atoms with Crippen molar-refractivity contribution in [2.24, 2.45) is 11.7 Å². The maximum Gasteiger partial charge on any atom is 0.270 e. The highest BCUT2D eigenvalue weighted by Crippen LogP contribution is 2.31. The van der Waals surface area contributed by atoms with Crippen LogP contribution in [0.15, 0.2) is 47.3 Å². The number of halogens is 1. The second kappa shape index (κ2) is 9.84. The molecule has 2 heterocycles. The van der Waals surface area contributed by atoms with Crippen LogP contribution in [0.3, 0.4) is 0 Å². The average molecular weight is 453 g/mol. The van der Waals surface area contributed by atoms with Gasteiger partial charge in [0.2, 0.25) is 5.91 Å². The third-order valence-corrected chi connectivity index (χ3v) is 6.75. The molecule has 7 heteroatoms. The minimum atomic E-state index is -0.194. The van der Waals surface area contributed by atoms with Crippen molar-refractivity contribution in [3.05, 3.63) is 74.7 Å². The summed E-state index contributed by atoms with van der Waals surface area (Å²) >= 11 is 6.12. The van der Waals surface area contributed by atoms with Gasteiger partial charge >= 0.3 is 0 Å². The summed E-state index contributed by atoms with van der Waals surface area (Å²) in [6.07, 6.45) is 4.01. The van der Waals surface area contributed by atoms with Gasteiger partial charge in [0.25, 0.3) is 5.56 Å². The van der Waals surface area contributed by atoms with Gasteiger partial charge in [0.1, 0.15) is 5.69 Å². The fraction of sp³-hybridized carbons (Fsp3) is 0.400. The molecule has 1 fully saturated rings. The van der Waals surface area contributed by atoms with Crippen molar-refractivity contribution in [1.29, 1.82) is 0 Å². The Hall–Kier alpha value is -2.70. The smallest absolute Gasteiger partial charge is 0.270 e. The van der Waals surface area contributed by atoms with Crippen molar-refractivity contribution < 1.29 is 4.79 Å². The lowest BCUT2D eigenvalue weighted by atomic mass is 9.91. The molecule has 0 bridgehead atoms. The fourth-order valence-electron chi connectivity index (χ4n) is 4.61. The Labute approximate surface area is 192 Å². The first-order chi connectivity index (χ1) is 15.4. The van der Waals surface area contributed by atoms with Gasteiger partial charge in [-0.25, -0.2) is 4.98 Å². The number of primary amides is 1. The molecule has 0 saturated carbocycles. The van der Waals surface area contributed by atoms with Gasteiger partial charge in [-0.15, -0.1) is 0 Å². The molecule has 0 aliphatic carbocycles. The number of likely N-dealkylation sites (tertiary alicyclic amines) is 1. The number of hydrogen-bond donors (Lipinski definition) is 2. The average Bonchev–Trinajstić information content (AvgIpc) is 2.80. The third-order valence-electron chi connectivity index (χ3n) is 6.50. The van der Waals surface area contributed by atoms with E-state index in [0.29, 0.717) is 12.1 Å². The number of nitrogens with two attached hydrogens (primary N) is 1. The number of carbonyl (C=O) groups excluding carboxylic acids is 1. The summed E-state index contributed by atoms with van der Waals surface area (Å²) in [4.78, 5) is 33.5. The number of piperidine rings is 1. The van der Waals surface area contributed by atoms with Crippen molar-refractivity contribution in [2.75, 3.05) is 13.1 Å². The SMILES string of the molecule is CCc1nc2cc(CCC(c3ccc(Cl)cc3)N3CCC(C(N)=O)CC3)ccc2[nH]c1=O. The van der Waals surface area contributed by atoms with E-state index in [2.05, 4.69) is 39.1 Å². The number of rotatable bonds is 7. The zero-order valence-corrected chi connectivity index (χ0v) is 19.1. The summed E-state index contributed by atoms with van der Waals surface area (Å²) in [5, 5.41) is 0.723. The normalized spacial score (nSPS) is 16.3. The number of carbonyl (C=O) groups is 1. The third kappa shape index (κ3) is 5.03. The van der Waals surface area contributed by atoms with E-state index in [0.717, 1.165) is 54.8 Å². The zero-order valence-electron chi connectivity index (χ0n) is 18.3. The lowest BCUT2D eigenvalue weighted by Gasteiger charge is -2.37. The lowest BCUT2D eigenvalue weighted by molar-refractivity contribution is -0.123. The van der Waals surface area contributed by atoms with E-state index in [1.54, 1.807) is 0 Å². The van der Waals surface area contributed by atoms with Gasteiger partial charge in [-0.05, 0) is 80.6 Å². The molecule has 0 spiro atoms. The number of H-pyrrole nitrogens is 1. The Bertz CT molecular complexity index is 1150. The Balaban J connectivity index is 1.54. The molecule has 1 saturated heterocycles. The van der Waals surface area contributed by atoms with E-state index in [1.165, 1.54) is 11.1 Å². The van der Waals surface area contributed by atoms with Crippen molar-refractivity contribution in [2.45, 2.75) is 45.1 Å². The number of hydrogen-bond acceptors (Lipinski definition) is 4.